The monoisotopic (exact) mass is 489 g/mol. The normalized spacial score (nSPS) is 22.2. The molecule has 0 bridgehead atoms. The number of amides is 1. The van der Waals surface area contributed by atoms with E-state index in [1.807, 2.05) is 18.5 Å². The maximum absolute atomic E-state index is 13.2. The number of rotatable bonds is 3. The fraction of sp³-hybridized carbons (Fsp3) is 0.613. The number of piperidine rings is 1. The Morgan fingerprint density at radius 3 is 2.58 bits per heavy atom. The molecule has 0 unspecified atom stereocenters. The average Bonchev–Trinajstić information content (AvgIpc) is 2.92. The third kappa shape index (κ3) is 6.47. The number of carbonyl (C=O) groups excluding carboxylic acids is 1. The molecule has 1 amide bonds. The van der Waals surface area contributed by atoms with E-state index in [-0.39, 0.29) is 11.3 Å². The summed E-state index contributed by atoms with van der Waals surface area (Å²) in [5.74, 6) is 1.77. The van der Waals surface area contributed by atoms with Crippen molar-refractivity contribution in [1.29, 1.82) is 0 Å². The molecule has 3 aliphatic rings. The Kier molecular flexibility index (Phi) is 8.58. The molecule has 2 fully saturated rings. The maximum Gasteiger partial charge on any atom is 0.225 e. The number of ether oxygens (including phenoxy) is 1. The SMILES string of the molecule is O=C(C1CCCCC1)N1CCC2(CCCCc3ccccc3OCCN(Cc3cccnc3)C2)CC1. The van der Waals surface area contributed by atoms with Gasteiger partial charge in [0.1, 0.15) is 12.4 Å². The summed E-state index contributed by atoms with van der Waals surface area (Å²) >= 11 is 0. The van der Waals surface area contributed by atoms with Gasteiger partial charge in [-0.2, -0.15) is 0 Å². The number of likely N-dealkylation sites (tertiary alicyclic amines) is 1. The van der Waals surface area contributed by atoms with Crippen molar-refractivity contribution in [3.8, 4) is 5.75 Å². The lowest BCUT2D eigenvalue weighted by Gasteiger charge is -2.45. The average molecular weight is 490 g/mol. The van der Waals surface area contributed by atoms with Crippen molar-refractivity contribution in [1.82, 2.24) is 14.8 Å². The first-order valence-electron chi connectivity index (χ1n) is 14.3. The molecule has 36 heavy (non-hydrogen) atoms. The van der Waals surface area contributed by atoms with Gasteiger partial charge in [-0.3, -0.25) is 14.7 Å². The largest absolute Gasteiger partial charge is 0.492 e. The Balaban J connectivity index is 1.30. The number of hydrogen-bond acceptors (Lipinski definition) is 4. The van der Waals surface area contributed by atoms with E-state index in [1.54, 1.807) is 0 Å². The number of pyridine rings is 1. The smallest absolute Gasteiger partial charge is 0.225 e. The van der Waals surface area contributed by atoms with Crippen molar-refractivity contribution in [3.05, 3.63) is 59.9 Å². The van der Waals surface area contributed by atoms with Gasteiger partial charge in [-0.25, -0.2) is 0 Å². The zero-order valence-corrected chi connectivity index (χ0v) is 21.9. The highest BCUT2D eigenvalue weighted by atomic mass is 16.5. The molecule has 0 radical (unpaired) electrons. The van der Waals surface area contributed by atoms with Gasteiger partial charge in [-0.15, -0.1) is 0 Å². The fourth-order valence-electron chi connectivity index (χ4n) is 6.69. The molecule has 0 N–H and O–H groups in total. The van der Waals surface area contributed by atoms with Gasteiger partial charge in [0.15, 0.2) is 0 Å². The fourth-order valence-corrected chi connectivity index (χ4v) is 6.69. The topological polar surface area (TPSA) is 45.7 Å². The Hall–Kier alpha value is -2.40. The molecule has 1 aromatic carbocycles. The number of benzene rings is 1. The van der Waals surface area contributed by atoms with Gasteiger partial charge in [0.25, 0.3) is 0 Å². The lowest BCUT2D eigenvalue weighted by Crippen LogP contribution is -2.49. The summed E-state index contributed by atoms with van der Waals surface area (Å²) in [4.78, 5) is 22.4. The molecule has 2 aromatic rings. The molecule has 0 atom stereocenters. The quantitative estimate of drug-likeness (QED) is 0.540. The van der Waals surface area contributed by atoms with Gasteiger partial charge < -0.3 is 9.64 Å². The molecule has 1 saturated carbocycles. The number of aromatic nitrogens is 1. The van der Waals surface area contributed by atoms with E-state index in [0.717, 1.165) is 70.6 Å². The van der Waals surface area contributed by atoms with Crippen LogP contribution in [0.3, 0.4) is 0 Å². The molecule has 1 saturated heterocycles. The summed E-state index contributed by atoms with van der Waals surface area (Å²) < 4.78 is 6.31. The van der Waals surface area contributed by atoms with E-state index in [4.69, 9.17) is 4.74 Å². The van der Waals surface area contributed by atoms with Crippen LogP contribution in [-0.2, 0) is 17.8 Å². The van der Waals surface area contributed by atoms with Crippen LogP contribution in [0.25, 0.3) is 0 Å². The molecule has 5 rings (SSSR count). The van der Waals surface area contributed by atoms with Crippen LogP contribution in [0.4, 0.5) is 0 Å². The highest BCUT2D eigenvalue weighted by Crippen LogP contribution is 2.39. The predicted molar refractivity (Wildman–Crippen MR) is 144 cm³/mol. The second-order valence-electron chi connectivity index (χ2n) is 11.4. The second-order valence-corrected chi connectivity index (χ2v) is 11.4. The van der Waals surface area contributed by atoms with Gasteiger partial charge in [0.05, 0.1) is 0 Å². The van der Waals surface area contributed by atoms with Gasteiger partial charge in [-0.05, 0) is 73.6 Å². The maximum atomic E-state index is 13.2. The van der Waals surface area contributed by atoms with E-state index in [0.29, 0.717) is 12.5 Å². The van der Waals surface area contributed by atoms with Crippen LogP contribution < -0.4 is 4.74 Å². The molecule has 5 heteroatoms. The lowest BCUT2D eigenvalue weighted by atomic mass is 9.73. The minimum absolute atomic E-state index is 0.268. The minimum atomic E-state index is 0.268. The summed E-state index contributed by atoms with van der Waals surface area (Å²) in [5.41, 5.74) is 2.86. The molecule has 1 aromatic heterocycles. The second kappa shape index (κ2) is 12.2. The summed E-state index contributed by atoms with van der Waals surface area (Å²) in [6.07, 6.45) is 16.8. The number of hydrogen-bond donors (Lipinski definition) is 0. The first-order chi connectivity index (χ1) is 17.7. The van der Waals surface area contributed by atoms with Crippen molar-refractivity contribution >= 4 is 5.91 Å². The van der Waals surface area contributed by atoms with Gasteiger partial charge in [0, 0.05) is 51.0 Å². The summed E-state index contributed by atoms with van der Waals surface area (Å²) in [6.45, 7) is 5.41. The first-order valence-corrected chi connectivity index (χ1v) is 14.3. The number of fused-ring (bicyclic) bond motifs is 1. The standard InChI is InChI=1S/C31H43N3O2/c35-30(28-12-2-1-3-13-28)34-19-16-31(17-20-34)15-7-6-11-27-10-4-5-14-29(27)36-22-21-33(25-31)24-26-9-8-18-32-23-26/h4-5,8-10,14,18,23,28H,1-3,6-7,11-13,15-17,19-22,24-25H2. The van der Waals surface area contributed by atoms with Crippen molar-refractivity contribution in [2.75, 3.05) is 32.8 Å². The van der Waals surface area contributed by atoms with Crippen LogP contribution >= 0.6 is 0 Å². The summed E-state index contributed by atoms with van der Waals surface area (Å²) in [7, 11) is 0. The van der Waals surface area contributed by atoms with E-state index < -0.39 is 0 Å². The van der Waals surface area contributed by atoms with Crippen molar-refractivity contribution in [2.24, 2.45) is 11.3 Å². The highest BCUT2D eigenvalue weighted by molar-refractivity contribution is 5.79. The van der Waals surface area contributed by atoms with Crippen LogP contribution in [0.2, 0.25) is 0 Å². The van der Waals surface area contributed by atoms with Gasteiger partial charge in [0.2, 0.25) is 5.91 Å². The van der Waals surface area contributed by atoms with Crippen molar-refractivity contribution in [3.63, 3.8) is 0 Å². The third-order valence-electron chi connectivity index (χ3n) is 8.82. The lowest BCUT2D eigenvalue weighted by molar-refractivity contribution is -0.139. The molecule has 1 aliphatic carbocycles. The summed E-state index contributed by atoms with van der Waals surface area (Å²) in [6, 6.07) is 12.8. The highest BCUT2D eigenvalue weighted by Gasteiger charge is 2.38. The molecular weight excluding hydrogens is 446 g/mol. The molecule has 5 nitrogen and oxygen atoms in total. The van der Waals surface area contributed by atoms with E-state index in [1.165, 1.54) is 49.7 Å². The molecular formula is C31H43N3O2. The zero-order chi connectivity index (χ0) is 24.6. The van der Waals surface area contributed by atoms with Crippen LogP contribution in [0.1, 0.15) is 75.3 Å². The van der Waals surface area contributed by atoms with Crippen LogP contribution in [0, 0.1) is 11.3 Å². The Morgan fingerprint density at radius 2 is 1.78 bits per heavy atom. The Bertz CT molecular complexity index is 965. The molecule has 194 valence electrons. The Morgan fingerprint density at radius 1 is 0.944 bits per heavy atom. The van der Waals surface area contributed by atoms with E-state index in [9.17, 15) is 4.79 Å². The number of nitrogens with zero attached hydrogens (tertiary/aromatic N) is 3. The number of aryl methyl sites for hydroxylation is 1. The minimum Gasteiger partial charge on any atom is -0.492 e. The van der Waals surface area contributed by atoms with Crippen LogP contribution in [0.15, 0.2) is 48.8 Å². The molecule has 1 spiro atoms. The van der Waals surface area contributed by atoms with E-state index >= 15 is 0 Å². The van der Waals surface area contributed by atoms with Crippen LogP contribution in [0.5, 0.6) is 5.75 Å². The van der Waals surface area contributed by atoms with Crippen molar-refractivity contribution in [2.45, 2.75) is 77.2 Å². The van der Waals surface area contributed by atoms with E-state index in [2.05, 4.69) is 45.1 Å². The zero-order valence-electron chi connectivity index (χ0n) is 21.9. The number of carbonyl (C=O) groups is 1. The van der Waals surface area contributed by atoms with Crippen LogP contribution in [-0.4, -0.2) is 53.5 Å². The number of para-hydroxylation sites is 1. The molecule has 3 heterocycles. The Labute approximate surface area is 217 Å². The van der Waals surface area contributed by atoms with Gasteiger partial charge in [-0.1, -0.05) is 49.9 Å². The van der Waals surface area contributed by atoms with Gasteiger partial charge >= 0.3 is 0 Å². The van der Waals surface area contributed by atoms with Crippen molar-refractivity contribution < 1.29 is 9.53 Å². The predicted octanol–water partition coefficient (Wildman–Crippen LogP) is 5.88. The summed E-state index contributed by atoms with van der Waals surface area (Å²) in [5, 5.41) is 0. The first kappa shape index (κ1) is 25.3. The third-order valence-corrected chi connectivity index (χ3v) is 8.82. The molecule has 2 aliphatic heterocycles.